The molecule has 5 aromatic carbocycles. The molecule has 0 atom stereocenters. The number of carbonyl (C=O) groups is 2. The zero-order valence-electron chi connectivity index (χ0n) is 37.2. The van der Waals surface area contributed by atoms with Crippen LogP contribution in [0.4, 0.5) is 105 Å². The van der Waals surface area contributed by atoms with Crippen LogP contribution in [0.3, 0.4) is 0 Å². The van der Waals surface area contributed by atoms with E-state index in [1.165, 1.54) is 12.4 Å². The lowest BCUT2D eigenvalue weighted by atomic mass is 9.12. The first-order valence-corrected chi connectivity index (χ1v) is 20.5. The number of halogens is 24. The van der Waals surface area contributed by atoms with Crippen LogP contribution in [-0.2, 0) is 65.5 Å². The first-order chi connectivity index (χ1) is 34.9. The molecule has 0 unspecified atom stereocenters. The summed E-state index contributed by atoms with van der Waals surface area (Å²) >= 11 is 0. The van der Waals surface area contributed by atoms with Gasteiger partial charge in [0.15, 0.2) is 19.3 Å². The molecule has 0 aliphatic rings. The normalized spacial score (nSPS) is 13.2. The van der Waals surface area contributed by atoms with Gasteiger partial charge in [-0.3, -0.25) is 0 Å². The summed E-state index contributed by atoms with van der Waals surface area (Å²) in [4.78, 5) is 25.8. The first kappa shape index (κ1) is 60.4. The van der Waals surface area contributed by atoms with Gasteiger partial charge in [0, 0.05) is 5.56 Å². The highest BCUT2D eigenvalue weighted by Crippen LogP contribution is 2.41. The number of aliphatic carboxylic acids is 1. The molecule has 1 aromatic heterocycles. The van der Waals surface area contributed by atoms with E-state index in [1.54, 1.807) is 10.8 Å². The van der Waals surface area contributed by atoms with Crippen molar-refractivity contribution in [2.75, 3.05) is 6.61 Å². The molecular weight excluding hydrogens is 1110 g/mol. The highest BCUT2D eigenvalue weighted by molar-refractivity contribution is 7.20. The van der Waals surface area contributed by atoms with Crippen molar-refractivity contribution in [3.05, 3.63) is 177 Å². The first-order valence-electron chi connectivity index (χ1n) is 20.5. The summed E-state index contributed by atoms with van der Waals surface area (Å²) in [5.74, 6) is -1.96. The van der Waals surface area contributed by atoms with Gasteiger partial charge in [0.2, 0.25) is 11.9 Å². The Morgan fingerprint density at radius 2 is 0.714 bits per heavy atom. The topological polar surface area (TPSA) is 80.4 Å². The fraction of sp³-hybridized carbons (Fsp3) is 0.217. The predicted molar refractivity (Wildman–Crippen MR) is 218 cm³/mol. The molecule has 6 aromatic rings. The summed E-state index contributed by atoms with van der Waals surface area (Å²) in [7, 11) is 0. The van der Waals surface area contributed by atoms with Crippen molar-refractivity contribution >= 4 is 39.9 Å². The minimum atomic E-state index is -6.13. The smallest absolute Gasteiger partial charge is 0.416 e. The lowest BCUT2D eigenvalue weighted by Crippen LogP contribution is -2.75. The molecule has 0 aliphatic heterocycles. The minimum Gasteiger partial charge on any atom is -0.479 e. The summed E-state index contributed by atoms with van der Waals surface area (Å²) in [6.45, 7) is -0.0866. The Labute approximate surface area is 414 Å². The van der Waals surface area contributed by atoms with Crippen LogP contribution in [0, 0.1) is 0 Å². The maximum atomic E-state index is 14.2. The number of ether oxygens (including phenoxy) is 1. The molecule has 0 bridgehead atoms. The average Bonchev–Trinajstić information content (AvgIpc) is 3.29. The lowest BCUT2D eigenvalue weighted by molar-refractivity contribution is -0.689. The Hall–Kier alpha value is -7.50. The van der Waals surface area contributed by atoms with Crippen LogP contribution in [0.25, 0.3) is 0 Å². The molecule has 0 saturated heterocycles. The summed E-state index contributed by atoms with van der Waals surface area (Å²) in [5.41, 5.74) is -29.1. The SMILES string of the molecule is FC(F)(F)c1cc([B-](c2cc(C(F)(F)F)cc(C(F)(F)F)c2)(c2cc(C(F)(F)F)cc(C(F)(F)F)c2)c2cc(C(F)(F)F)cc(C(F)(F)F)c2)cc(C(F)(F)F)c1.O=C(O)COC(=O)c1c[n+](Cc2ccccc2)ccn1. The van der Waals surface area contributed by atoms with Crippen LogP contribution in [-0.4, -0.2) is 34.8 Å². The third-order valence-electron chi connectivity index (χ3n) is 10.9. The van der Waals surface area contributed by atoms with E-state index >= 15 is 0 Å². The second-order valence-corrected chi connectivity index (χ2v) is 16.3. The number of carbonyl (C=O) groups excluding carboxylic acids is 1. The van der Waals surface area contributed by atoms with E-state index in [0.717, 1.165) is 5.56 Å². The van der Waals surface area contributed by atoms with E-state index in [9.17, 15) is 115 Å². The van der Waals surface area contributed by atoms with Crippen molar-refractivity contribution in [2.45, 2.75) is 56.0 Å². The zero-order chi connectivity index (χ0) is 58.3. The standard InChI is InChI=1S/C32H12BF24.C14H12N2O4/c34-25(35,36)13-1-14(26(37,38)39)6-21(5-13)33(22-7-15(27(40,41)42)2-16(8-22)28(43,44)45,23-9-17(29(46,47)48)3-18(10-23)30(49,50)51)24-11-19(31(52,53)54)4-20(12-24)32(55,56)57;17-13(18)10-20-14(19)12-9-16(7-6-15-12)8-11-4-2-1-3-5-11/h1-12H;1-7,9H,8,10H2/q-1;/p+1. The number of carboxylic acids is 1. The van der Waals surface area contributed by atoms with Gasteiger partial charge < -0.3 is 9.84 Å². The molecule has 0 spiro atoms. The minimum absolute atomic E-state index is 0.0738. The summed E-state index contributed by atoms with van der Waals surface area (Å²) in [5, 5.41) is 8.46. The third kappa shape index (κ3) is 14.7. The predicted octanol–water partition coefficient (Wildman–Crippen LogP) is 11.9. The lowest BCUT2D eigenvalue weighted by Gasteiger charge is -2.46. The fourth-order valence-corrected chi connectivity index (χ4v) is 7.70. The zero-order valence-corrected chi connectivity index (χ0v) is 37.2. The van der Waals surface area contributed by atoms with Crippen molar-refractivity contribution in [1.82, 2.24) is 4.98 Å². The summed E-state index contributed by atoms with van der Waals surface area (Å²) < 4.78 is 347. The van der Waals surface area contributed by atoms with Crippen molar-refractivity contribution < 1.29 is 129 Å². The van der Waals surface area contributed by atoms with E-state index < -0.39 is 213 Å². The summed E-state index contributed by atoms with van der Waals surface area (Å²) in [6.07, 6.45) is -50.1. The molecule has 0 aliphatic carbocycles. The third-order valence-corrected chi connectivity index (χ3v) is 10.9. The maximum Gasteiger partial charge on any atom is 0.416 e. The largest absolute Gasteiger partial charge is 0.479 e. The fourth-order valence-electron chi connectivity index (χ4n) is 7.70. The van der Waals surface area contributed by atoms with Gasteiger partial charge in [-0.15, -0.1) is 0 Å². The number of hydrogen-bond donors (Lipinski definition) is 1. The molecule has 0 radical (unpaired) electrons. The molecule has 0 saturated carbocycles. The second-order valence-electron chi connectivity index (χ2n) is 16.3. The van der Waals surface area contributed by atoms with Gasteiger partial charge in [0.25, 0.3) is 0 Å². The Morgan fingerprint density at radius 3 is 0.961 bits per heavy atom. The van der Waals surface area contributed by atoms with Crippen LogP contribution in [0.1, 0.15) is 60.6 Å². The number of carboxylic acid groups (broad SMARTS) is 1. The van der Waals surface area contributed by atoms with Gasteiger partial charge in [0.1, 0.15) is 6.15 Å². The molecule has 6 nitrogen and oxygen atoms in total. The van der Waals surface area contributed by atoms with Gasteiger partial charge in [-0.25, -0.2) is 14.6 Å². The van der Waals surface area contributed by atoms with Crippen molar-refractivity contribution in [2.24, 2.45) is 0 Å². The van der Waals surface area contributed by atoms with Gasteiger partial charge in [-0.05, 0) is 24.3 Å². The Balaban J connectivity index is 0.000000455. The van der Waals surface area contributed by atoms with E-state index in [2.05, 4.69) is 9.72 Å². The molecule has 31 heteroatoms. The Morgan fingerprint density at radius 1 is 0.442 bits per heavy atom. The number of esters is 1. The molecular formula is C46H25BF24N2O4. The van der Waals surface area contributed by atoms with Crippen LogP contribution in [0.2, 0.25) is 0 Å². The monoisotopic (exact) mass is 1140 g/mol. The van der Waals surface area contributed by atoms with Crippen molar-refractivity contribution in [3.63, 3.8) is 0 Å². The maximum absolute atomic E-state index is 14.2. The molecule has 414 valence electrons. The molecule has 1 N–H and O–H groups in total. The number of rotatable bonds is 9. The molecule has 0 fully saturated rings. The quantitative estimate of drug-likeness (QED) is 0.0675. The number of nitrogens with zero attached hydrogens (tertiary/aromatic N) is 2. The number of alkyl halides is 24. The Kier molecular flexibility index (Phi) is 16.6. The van der Waals surface area contributed by atoms with Crippen LogP contribution < -0.4 is 26.4 Å². The summed E-state index contributed by atoms with van der Waals surface area (Å²) in [6, 6.07) is 0.911. The van der Waals surface area contributed by atoms with Crippen LogP contribution >= 0.6 is 0 Å². The van der Waals surface area contributed by atoms with Crippen LogP contribution in [0.5, 0.6) is 0 Å². The number of aromatic nitrogens is 2. The van der Waals surface area contributed by atoms with Gasteiger partial charge in [0.05, 0.1) is 50.7 Å². The van der Waals surface area contributed by atoms with Gasteiger partial charge in [-0.1, -0.05) is 78.9 Å². The van der Waals surface area contributed by atoms with E-state index in [4.69, 9.17) is 5.11 Å². The second kappa shape index (κ2) is 21.1. The molecule has 6 rings (SSSR count). The van der Waals surface area contributed by atoms with E-state index in [1.807, 2.05) is 30.3 Å². The number of hydrogen-bond acceptors (Lipinski definition) is 4. The van der Waals surface area contributed by atoms with Gasteiger partial charge in [-0.2, -0.15) is 132 Å². The van der Waals surface area contributed by atoms with Crippen molar-refractivity contribution in [1.29, 1.82) is 0 Å². The van der Waals surface area contributed by atoms with Crippen molar-refractivity contribution in [3.8, 4) is 0 Å². The van der Waals surface area contributed by atoms with E-state index in [0.29, 0.717) is 6.54 Å². The van der Waals surface area contributed by atoms with Gasteiger partial charge >= 0.3 is 61.3 Å². The Bertz CT molecular complexity index is 2680. The molecule has 1 heterocycles. The molecule has 77 heavy (non-hydrogen) atoms. The number of benzene rings is 5. The van der Waals surface area contributed by atoms with E-state index in [-0.39, 0.29) is 5.69 Å². The highest BCUT2D eigenvalue weighted by Gasteiger charge is 2.47. The molecule has 0 amide bonds. The average molecular weight is 1140 g/mol. The highest BCUT2D eigenvalue weighted by atomic mass is 19.4. The van der Waals surface area contributed by atoms with Crippen LogP contribution in [0.15, 0.2) is 122 Å².